The quantitative estimate of drug-likeness (QED) is 0.599. The minimum absolute atomic E-state index is 0.0531. The van der Waals surface area contributed by atoms with Crippen LogP contribution in [0.2, 0.25) is 0 Å². The summed E-state index contributed by atoms with van der Waals surface area (Å²) < 4.78 is 6.12. The first-order valence-corrected chi connectivity index (χ1v) is 7.81. The number of rotatable bonds is 4. The zero-order valence-corrected chi connectivity index (χ0v) is 12.1. The maximum Gasteiger partial charge on any atom is 0.0823 e. The van der Waals surface area contributed by atoms with Crippen molar-refractivity contribution in [3.05, 3.63) is 0 Å². The second-order valence-corrected chi connectivity index (χ2v) is 6.38. The third-order valence-electron chi connectivity index (χ3n) is 5.26. The molecule has 0 amide bonds. The number of hydrogen-bond donors (Lipinski definition) is 2. The normalized spacial score (nSPS) is 39.5. The lowest BCUT2D eigenvalue weighted by molar-refractivity contribution is -0.109. The summed E-state index contributed by atoms with van der Waals surface area (Å²) in [4.78, 5) is 0. The largest absolute Gasteiger partial charge is 0.374 e. The van der Waals surface area contributed by atoms with E-state index < -0.39 is 0 Å². The SMILES string of the molecule is CCC1CCCCC1C(NN)C1(C)CCCCO1. The highest BCUT2D eigenvalue weighted by atomic mass is 16.5. The number of nitrogens with one attached hydrogen (secondary N) is 1. The second kappa shape index (κ2) is 6.36. The molecule has 3 heteroatoms. The van der Waals surface area contributed by atoms with Gasteiger partial charge in [-0.1, -0.05) is 32.6 Å². The molecule has 2 fully saturated rings. The molecule has 4 unspecified atom stereocenters. The number of hydrazine groups is 1. The molecule has 1 heterocycles. The van der Waals surface area contributed by atoms with E-state index in [1.165, 1.54) is 44.9 Å². The Morgan fingerprint density at radius 2 is 2.06 bits per heavy atom. The van der Waals surface area contributed by atoms with Crippen molar-refractivity contribution < 1.29 is 4.74 Å². The third-order valence-corrected chi connectivity index (χ3v) is 5.26. The Morgan fingerprint density at radius 3 is 2.67 bits per heavy atom. The summed E-state index contributed by atoms with van der Waals surface area (Å²) in [6, 6.07) is 0.322. The molecule has 1 saturated heterocycles. The zero-order chi connectivity index (χ0) is 13.0. The van der Waals surface area contributed by atoms with Crippen molar-refractivity contribution in [2.24, 2.45) is 17.7 Å². The van der Waals surface area contributed by atoms with Crippen LogP contribution in [0, 0.1) is 11.8 Å². The molecule has 18 heavy (non-hydrogen) atoms. The standard InChI is InChI=1S/C15H30N2O/c1-3-12-8-4-5-9-13(12)14(17-16)15(2)10-6-7-11-18-15/h12-14,17H,3-11,16H2,1-2H3. The van der Waals surface area contributed by atoms with Gasteiger partial charge in [-0.25, -0.2) is 0 Å². The van der Waals surface area contributed by atoms with Crippen LogP contribution in [0.15, 0.2) is 0 Å². The zero-order valence-electron chi connectivity index (χ0n) is 12.1. The molecule has 0 aromatic carbocycles. The topological polar surface area (TPSA) is 47.3 Å². The van der Waals surface area contributed by atoms with E-state index >= 15 is 0 Å². The summed E-state index contributed by atoms with van der Waals surface area (Å²) in [5.41, 5.74) is 3.07. The number of ether oxygens (including phenoxy) is 1. The Balaban J connectivity index is 2.10. The number of nitrogens with two attached hydrogens (primary N) is 1. The van der Waals surface area contributed by atoms with Gasteiger partial charge in [-0.3, -0.25) is 11.3 Å². The summed E-state index contributed by atoms with van der Waals surface area (Å²) in [5, 5.41) is 0. The van der Waals surface area contributed by atoms with Crippen molar-refractivity contribution in [3.8, 4) is 0 Å². The van der Waals surface area contributed by atoms with Gasteiger partial charge in [0.05, 0.1) is 11.6 Å². The smallest absolute Gasteiger partial charge is 0.0823 e. The van der Waals surface area contributed by atoms with Crippen LogP contribution in [-0.4, -0.2) is 18.2 Å². The average molecular weight is 254 g/mol. The summed E-state index contributed by atoms with van der Waals surface area (Å²) in [6.45, 7) is 5.48. The van der Waals surface area contributed by atoms with Crippen molar-refractivity contribution in [2.75, 3.05) is 6.61 Å². The molecular weight excluding hydrogens is 224 g/mol. The van der Waals surface area contributed by atoms with E-state index in [4.69, 9.17) is 10.6 Å². The number of hydrogen-bond acceptors (Lipinski definition) is 3. The monoisotopic (exact) mass is 254 g/mol. The molecule has 0 bridgehead atoms. The van der Waals surface area contributed by atoms with E-state index in [9.17, 15) is 0 Å². The molecule has 3 nitrogen and oxygen atoms in total. The lowest BCUT2D eigenvalue weighted by Crippen LogP contribution is -2.59. The van der Waals surface area contributed by atoms with Crippen molar-refractivity contribution in [3.63, 3.8) is 0 Å². The predicted molar refractivity (Wildman–Crippen MR) is 75.1 cm³/mol. The first kappa shape index (κ1) is 14.3. The maximum atomic E-state index is 6.12. The van der Waals surface area contributed by atoms with Crippen molar-refractivity contribution >= 4 is 0 Å². The van der Waals surface area contributed by atoms with Gasteiger partial charge in [-0.05, 0) is 44.4 Å². The van der Waals surface area contributed by atoms with Crippen LogP contribution in [0.1, 0.15) is 65.2 Å². The van der Waals surface area contributed by atoms with E-state index in [1.807, 2.05) is 0 Å². The molecule has 4 atom stereocenters. The van der Waals surface area contributed by atoms with E-state index in [0.29, 0.717) is 12.0 Å². The molecule has 0 radical (unpaired) electrons. The summed E-state index contributed by atoms with van der Waals surface area (Å²) in [7, 11) is 0. The van der Waals surface area contributed by atoms with Crippen molar-refractivity contribution in [1.82, 2.24) is 5.43 Å². The van der Waals surface area contributed by atoms with Crippen LogP contribution in [0.4, 0.5) is 0 Å². The molecule has 2 rings (SSSR count). The van der Waals surface area contributed by atoms with Crippen LogP contribution < -0.4 is 11.3 Å². The van der Waals surface area contributed by atoms with Gasteiger partial charge in [-0.2, -0.15) is 0 Å². The highest BCUT2D eigenvalue weighted by molar-refractivity contribution is 4.97. The molecular formula is C15H30N2O. The van der Waals surface area contributed by atoms with E-state index in [0.717, 1.165) is 18.9 Å². The molecule has 1 saturated carbocycles. The third kappa shape index (κ3) is 2.89. The van der Waals surface area contributed by atoms with Crippen molar-refractivity contribution in [2.45, 2.75) is 76.9 Å². The van der Waals surface area contributed by atoms with Gasteiger partial charge in [0.2, 0.25) is 0 Å². The molecule has 3 N–H and O–H groups in total. The van der Waals surface area contributed by atoms with Gasteiger partial charge in [0.25, 0.3) is 0 Å². The highest BCUT2D eigenvalue weighted by Gasteiger charge is 2.43. The fraction of sp³-hybridized carbons (Fsp3) is 1.00. The van der Waals surface area contributed by atoms with Gasteiger partial charge in [0.1, 0.15) is 0 Å². The highest BCUT2D eigenvalue weighted by Crippen LogP contribution is 2.40. The maximum absolute atomic E-state index is 6.12. The minimum Gasteiger partial charge on any atom is -0.374 e. The Morgan fingerprint density at radius 1 is 1.28 bits per heavy atom. The molecule has 0 spiro atoms. The van der Waals surface area contributed by atoms with Gasteiger partial charge in [0.15, 0.2) is 0 Å². The Hall–Kier alpha value is -0.120. The molecule has 106 valence electrons. The second-order valence-electron chi connectivity index (χ2n) is 6.38. The first-order valence-electron chi connectivity index (χ1n) is 7.81. The fourth-order valence-electron chi connectivity index (χ4n) is 4.14. The fourth-order valence-corrected chi connectivity index (χ4v) is 4.14. The minimum atomic E-state index is -0.0531. The molecule has 0 aromatic rings. The Bertz CT molecular complexity index is 251. The van der Waals surface area contributed by atoms with Gasteiger partial charge < -0.3 is 4.74 Å². The summed E-state index contributed by atoms with van der Waals surface area (Å²) in [5.74, 6) is 7.42. The molecule has 2 aliphatic rings. The first-order chi connectivity index (χ1) is 8.71. The van der Waals surface area contributed by atoms with Crippen LogP contribution in [0.5, 0.6) is 0 Å². The van der Waals surface area contributed by atoms with Gasteiger partial charge >= 0.3 is 0 Å². The van der Waals surface area contributed by atoms with E-state index in [1.54, 1.807) is 0 Å². The van der Waals surface area contributed by atoms with Gasteiger partial charge in [0, 0.05) is 6.61 Å². The lowest BCUT2D eigenvalue weighted by Gasteiger charge is -2.47. The lowest BCUT2D eigenvalue weighted by atomic mass is 9.69. The van der Waals surface area contributed by atoms with Gasteiger partial charge in [-0.15, -0.1) is 0 Å². The predicted octanol–water partition coefficient (Wildman–Crippen LogP) is 2.99. The summed E-state index contributed by atoms with van der Waals surface area (Å²) in [6.07, 6.45) is 10.3. The van der Waals surface area contributed by atoms with E-state index in [2.05, 4.69) is 19.3 Å². The van der Waals surface area contributed by atoms with Crippen LogP contribution in [-0.2, 0) is 4.74 Å². The molecule has 1 aliphatic heterocycles. The van der Waals surface area contributed by atoms with E-state index in [-0.39, 0.29) is 5.60 Å². The molecule has 1 aliphatic carbocycles. The summed E-state index contributed by atoms with van der Waals surface area (Å²) >= 11 is 0. The average Bonchev–Trinajstić information content (AvgIpc) is 2.40. The van der Waals surface area contributed by atoms with Crippen molar-refractivity contribution in [1.29, 1.82) is 0 Å². The van der Waals surface area contributed by atoms with Crippen LogP contribution in [0.3, 0.4) is 0 Å². The Kier molecular flexibility index (Phi) is 5.05. The van der Waals surface area contributed by atoms with Crippen LogP contribution in [0.25, 0.3) is 0 Å². The Labute approximate surface area is 112 Å². The molecule has 0 aromatic heterocycles. The van der Waals surface area contributed by atoms with Crippen LogP contribution >= 0.6 is 0 Å².